The van der Waals surface area contributed by atoms with Crippen LogP contribution >= 0.6 is 0 Å². The molecule has 0 spiro atoms. The van der Waals surface area contributed by atoms with E-state index in [4.69, 9.17) is 4.74 Å². The third-order valence-electron chi connectivity index (χ3n) is 2.51. The Kier molecular flexibility index (Phi) is 3.36. The fourth-order valence-electron chi connectivity index (χ4n) is 1.75. The molecule has 2 rings (SSSR count). The molecule has 0 aromatic carbocycles. The highest BCUT2D eigenvalue weighted by Crippen LogP contribution is 2.22. The summed E-state index contributed by atoms with van der Waals surface area (Å²) in [6, 6.07) is 3.66. The maximum Gasteiger partial charge on any atom is 0.312 e. The molecular formula is C12H13N3O3. The van der Waals surface area contributed by atoms with Crippen LogP contribution in [0, 0.1) is 11.8 Å². The second-order valence-electron chi connectivity index (χ2n) is 3.89. The molecule has 0 amide bonds. The van der Waals surface area contributed by atoms with Crippen LogP contribution in [-0.2, 0) is 16.0 Å². The summed E-state index contributed by atoms with van der Waals surface area (Å²) in [6.45, 7) is 3.93. The van der Waals surface area contributed by atoms with E-state index in [0.29, 0.717) is 17.9 Å². The van der Waals surface area contributed by atoms with Gasteiger partial charge in [0.2, 0.25) is 5.82 Å². The molecule has 0 aliphatic rings. The van der Waals surface area contributed by atoms with E-state index in [1.807, 2.05) is 13.0 Å². The zero-order chi connectivity index (χ0) is 13.1. The van der Waals surface area contributed by atoms with Gasteiger partial charge in [0.25, 0.3) is 0 Å². The Morgan fingerprint density at radius 3 is 2.94 bits per heavy atom. The molecule has 0 fully saturated rings. The molecule has 0 N–H and O–H groups in total. The standard InChI is InChI=1S/C12H13N3O3/c1-3-18-11(16)6-9-12(14-17)15-7-8(2)4-5-10(15)13-9/h4-5,7H,3,6H2,1-2H3. The van der Waals surface area contributed by atoms with Crippen LogP contribution in [0.3, 0.4) is 0 Å². The van der Waals surface area contributed by atoms with E-state index >= 15 is 0 Å². The minimum absolute atomic E-state index is 0.0460. The van der Waals surface area contributed by atoms with E-state index in [9.17, 15) is 9.70 Å². The fourth-order valence-corrected chi connectivity index (χ4v) is 1.75. The number of imidazole rings is 1. The number of rotatable bonds is 4. The van der Waals surface area contributed by atoms with Crippen molar-refractivity contribution < 1.29 is 9.53 Å². The molecule has 6 heteroatoms. The van der Waals surface area contributed by atoms with Crippen molar-refractivity contribution in [3.8, 4) is 0 Å². The van der Waals surface area contributed by atoms with Crippen molar-refractivity contribution in [2.45, 2.75) is 20.3 Å². The highest BCUT2D eigenvalue weighted by atomic mass is 16.5. The molecule has 0 aliphatic carbocycles. The van der Waals surface area contributed by atoms with Crippen LogP contribution < -0.4 is 0 Å². The van der Waals surface area contributed by atoms with Gasteiger partial charge in [-0.15, -0.1) is 4.91 Å². The highest BCUT2D eigenvalue weighted by molar-refractivity contribution is 5.74. The van der Waals surface area contributed by atoms with Gasteiger partial charge in [-0.25, -0.2) is 4.98 Å². The number of carbonyl (C=O) groups excluding carboxylic acids is 1. The number of aromatic nitrogens is 2. The first-order valence-corrected chi connectivity index (χ1v) is 5.62. The lowest BCUT2D eigenvalue weighted by Crippen LogP contribution is -2.07. The van der Waals surface area contributed by atoms with Crippen molar-refractivity contribution in [1.29, 1.82) is 0 Å². The average molecular weight is 247 g/mol. The summed E-state index contributed by atoms with van der Waals surface area (Å²) in [5, 5.41) is 2.96. The summed E-state index contributed by atoms with van der Waals surface area (Å²) < 4.78 is 6.41. The van der Waals surface area contributed by atoms with Crippen molar-refractivity contribution in [2.24, 2.45) is 5.18 Å². The quantitative estimate of drug-likeness (QED) is 0.613. The van der Waals surface area contributed by atoms with Crippen LogP contribution in [0.5, 0.6) is 0 Å². The lowest BCUT2D eigenvalue weighted by atomic mass is 10.3. The predicted octanol–water partition coefficient (Wildman–Crippen LogP) is 2.15. The number of fused-ring (bicyclic) bond motifs is 1. The smallest absolute Gasteiger partial charge is 0.312 e. The number of aryl methyl sites for hydroxylation is 1. The van der Waals surface area contributed by atoms with Gasteiger partial charge < -0.3 is 4.74 Å². The molecule has 18 heavy (non-hydrogen) atoms. The first-order valence-electron chi connectivity index (χ1n) is 5.62. The number of nitrogens with zero attached hydrogens (tertiary/aromatic N) is 3. The van der Waals surface area contributed by atoms with Crippen LogP contribution in [0.1, 0.15) is 18.2 Å². The Hall–Kier alpha value is -2.24. The maximum atomic E-state index is 11.4. The van der Waals surface area contributed by atoms with E-state index in [1.165, 1.54) is 0 Å². The summed E-state index contributed by atoms with van der Waals surface area (Å²) >= 11 is 0. The predicted molar refractivity (Wildman–Crippen MR) is 65.7 cm³/mol. The number of hydrogen-bond donors (Lipinski definition) is 0. The van der Waals surface area contributed by atoms with Crippen LogP contribution in [0.4, 0.5) is 5.82 Å². The molecule has 0 saturated carbocycles. The molecule has 2 aromatic heterocycles. The Bertz CT molecular complexity index is 604. The number of esters is 1. The summed E-state index contributed by atoms with van der Waals surface area (Å²) in [6.07, 6.45) is 1.71. The molecular weight excluding hydrogens is 234 g/mol. The lowest BCUT2D eigenvalue weighted by molar-refractivity contribution is -0.142. The van der Waals surface area contributed by atoms with Gasteiger partial charge >= 0.3 is 5.97 Å². The average Bonchev–Trinajstić information content (AvgIpc) is 2.65. The fraction of sp³-hybridized carbons (Fsp3) is 0.333. The van der Waals surface area contributed by atoms with Crippen LogP contribution in [0.15, 0.2) is 23.5 Å². The van der Waals surface area contributed by atoms with Crippen molar-refractivity contribution in [3.05, 3.63) is 34.5 Å². The van der Waals surface area contributed by atoms with E-state index in [1.54, 1.807) is 23.6 Å². The molecule has 0 atom stereocenters. The number of ether oxygens (including phenoxy) is 1. The zero-order valence-corrected chi connectivity index (χ0v) is 10.2. The summed E-state index contributed by atoms with van der Waals surface area (Å²) in [5.41, 5.74) is 1.91. The van der Waals surface area contributed by atoms with Gasteiger partial charge in [-0.1, -0.05) is 6.07 Å². The van der Waals surface area contributed by atoms with Crippen LogP contribution in [0.2, 0.25) is 0 Å². The van der Waals surface area contributed by atoms with Crippen molar-refractivity contribution in [3.63, 3.8) is 0 Å². The van der Waals surface area contributed by atoms with Gasteiger partial charge in [0.15, 0.2) is 0 Å². The third kappa shape index (κ3) is 2.22. The minimum atomic E-state index is -0.414. The molecule has 0 bridgehead atoms. The Morgan fingerprint density at radius 2 is 2.28 bits per heavy atom. The topological polar surface area (TPSA) is 73.0 Å². The Labute approximate surface area is 104 Å². The number of hydrogen-bond acceptors (Lipinski definition) is 5. The first kappa shape index (κ1) is 12.2. The Balaban J connectivity index is 2.44. The normalized spacial score (nSPS) is 10.6. The van der Waals surface area contributed by atoms with Crippen molar-refractivity contribution in [2.75, 3.05) is 6.61 Å². The number of nitroso groups, excluding NO2 is 1. The van der Waals surface area contributed by atoms with Crippen molar-refractivity contribution in [1.82, 2.24) is 9.38 Å². The molecule has 0 unspecified atom stereocenters. The molecule has 2 heterocycles. The minimum Gasteiger partial charge on any atom is -0.466 e. The SMILES string of the molecule is CCOC(=O)Cc1nc2ccc(C)cn2c1N=O. The second-order valence-corrected chi connectivity index (χ2v) is 3.89. The molecule has 0 saturated heterocycles. The van der Waals surface area contributed by atoms with E-state index in [0.717, 1.165) is 5.56 Å². The largest absolute Gasteiger partial charge is 0.466 e. The number of pyridine rings is 1. The molecule has 2 aromatic rings. The van der Waals surface area contributed by atoms with Crippen molar-refractivity contribution >= 4 is 17.4 Å². The van der Waals surface area contributed by atoms with Gasteiger partial charge in [-0.3, -0.25) is 9.20 Å². The molecule has 0 radical (unpaired) electrons. The first-order chi connectivity index (χ1) is 8.65. The van der Waals surface area contributed by atoms with Gasteiger partial charge in [0, 0.05) is 6.20 Å². The molecule has 94 valence electrons. The van der Waals surface area contributed by atoms with Gasteiger partial charge in [0.1, 0.15) is 11.3 Å². The van der Waals surface area contributed by atoms with Gasteiger partial charge in [-0.05, 0) is 30.7 Å². The lowest BCUT2D eigenvalue weighted by Gasteiger charge is -1.99. The zero-order valence-electron chi connectivity index (χ0n) is 10.2. The molecule has 0 aliphatic heterocycles. The van der Waals surface area contributed by atoms with E-state index in [2.05, 4.69) is 10.2 Å². The third-order valence-corrected chi connectivity index (χ3v) is 2.51. The summed E-state index contributed by atoms with van der Waals surface area (Å²) in [4.78, 5) is 26.5. The number of carbonyl (C=O) groups is 1. The van der Waals surface area contributed by atoms with Gasteiger partial charge in [-0.2, -0.15) is 0 Å². The summed E-state index contributed by atoms with van der Waals surface area (Å²) in [7, 11) is 0. The summed E-state index contributed by atoms with van der Waals surface area (Å²) in [5.74, 6) is -0.260. The van der Waals surface area contributed by atoms with E-state index in [-0.39, 0.29) is 12.2 Å². The monoisotopic (exact) mass is 247 g/mol. The highest BCUT2D eigenvalue weighted by Gasteiger charge is 2.16. The second kappa shape index (κ2) is 4.95. The maximum absolute atomic E-state index is 11.4. The van der Waals surface area contributed by atoms with Crippen LogP contribution in [-0.4, -0.2) is 22.0 Å². The van der Waals surface area contributed by atoms with Crippen LogP contribution in [0.25, 0.3) is 5.65 Å². The van der Waals surface area contributed by atoms with Gasteiger partial charge in [0.05, 0.1) is 13.0 Å². The van der Waals surface area contributed by atoms with E-state index < -0.39 is 5.97 Å². The Morgan fingerprint density at radius 1 is 1.50 bits per heavy atom. The molecule has 6 nitrogen and oxygen atoms in total.